The lowest BCUT2D eigenvalue weighted by molar-refractivity contribution is -0.144. The molecule has 8 heteroatoms. The molecule has 1 heterocycles. The van der Waals surface area contributed by atoms with Gasteiger partial charge in [-0.2, -0.15) is 13.2 Å². The summed E-state index contributed by atoms with van der Waals surface area (Å²) < 4.78 is 37.7. The van der Waals surface area contributed by atoms with Crippen molar-refractivity contribution < 1.29 is 27.9 Å². The second-order valence-electron chi connectivity index (χ2n) is 5.67. The fraction of sp³-hybridized carbons (Fsp3) is 0.846. The van der Waals surface area contributed by atoms with Gasteiger partial charge in [0.1, 0.15) is 6.54 Å². The van der Waals surface area contributed by atoms with Gasteiger partial charge in [-0.05, 0) is 32.6 Å². The highest BCUT2D eigenvalue weighted by Crippen LogP contribution is 2.23. The van der Waals surface area contributed by atoms with Crippen LogP contribution in [-0.4, -0.2) is 58.8 Å². The van der Waals surface area contributed by atoms with E-state index in [1.54, 1.807) is 0 Å². The Kier molecular flexibility index (Phi) is 5.86. The molecule has 1 fully saturated rings. The van der Waals surface area contributed by atoms with Crippen molar-refractivity contribution in [2.24, 2.45) is 5.92 Å². The largest absolute Gasteiger partial charge is 0.481 e. The number of nitrogens with zero attached hydrogens (tertiary/aromatic N) is 2. The fourth-order valence-corrected chi connectivity index (χ4v) is 2.50. The Morgan fingerprint density at radius 2 is 2.00 bits per heavy atom. The number of alkyl halides is 3. The molecule has 0 bridgehead atoms. The molecule has 2 amide bonds. The Hall–Kier alpha value is -1.47. The van der Waals surface area contributed by atoms with E-state index in [1.165, 1.54) is 18.7 Å². The number of urea groups is 1. The van der Waals surface area contributed by atoms with Gasteiger partial charge in [0.05, 0.1) is 0 Å². The van der Waals surface area contributed by atoms with E-state index in [2.05, 4.69) is 0 Å². The van der Waals surface area contributed by atoms with E-state index in [9.17, 15) is 22.8 Å². The van der Waals surface area contributed by atoms with Crippen LogP contribution in [-0.2, 0) is 4.79 Å². The van der Waals surface area contributed by atoms with Gasteiger partial charge in [0.2, 0.25) is 0 Å². The molecule has 1 N–H and O–H groups in total. The third-order valence-electron chi connectivity index (χ3n) is 3.47. The monoisotopic (exact) mass is 310 g/mol. The Bertz CT molecular complexity index is 385. The number of amides is 2. The molecule has 0 radical (unpaired) electrons. The zero-order valence-electron chi connectivity index (χ0n) is 12.2. The molecule has 0 aromatic rings. The Morgan fingerprint density at radius 1 is 1.38 bits per heavy atom. The molecule has 5 nitrogen and oxygen atoms in total. The van der Waals surface area contributed by atoms with E-state index in [-0.39, 0.29) is 18.9 Å². The molecule has 1 rings (SSSR count). The highest BCUT2D eigenvalue weighted by Gasteiger charge is 2.37. The molecule has 0 spiro atoms. The van der Waals surface area contributed by atoms with Crippen LogP contribution in [0.15, 0.2) is 0 Å². The van der Waals surface area contributed by atoms with Gasteiger partial charge >= 0.3 is 18.2 Å². The molecule has 21 heavy (non-hydrogen) atoms. The van der Waals surface area contributed by atoms with Crippen LogP contribution in [0.1, 0.15) is 33.1 Å². The Morgan fingerprint density at radius 3 is 2.48 bits per heavy atom. The Labute approximate surface area is 121 Å². The molecule has 1 aliphatic rings. The predicted octanol–water partition coefficient (Wildman–Crippen LogP) is 2.57. The smallest absolute Gasteiger partial charge is 0.406 e. The number of piperidine rings is 1. The van der Waals surface area contributed by atoms with Crippen LogP contribution in [0.5, 0.6) is 0 Å². The summed E-state index contributed by atoms with van der Waals surface area (Å²) in [7, 11) is 0. The molecular formula is C13H21F3N2O3. The predicted molar refractivity (Wildman–Crippen MR) is 69.8 cm³/mol. The summed E-state index contributed by atoms with van der Waals surface area (Å²) in [5.74, 6) is -1.15. The molecule has 1 atom stereocenters. The first-order chi connectivity index (χ1) is 9.60. The van der Waals surface area contributed by atoms with Gasteiger partial charge in [0, 0.05) is 25.6 Å². The molecule has 0 aliphatic carbocycles. The van der Waals surface area contributed by atoms with Crippen LogP contribution in [0.3, 0.4) is 0 Å². The normalized spacial score (nSPS) is 19.7. The van der Waals surface area contributed by atoms with E-state index >= 15 is 0 Å². The van der Waals surface area contributed by atoms with Gasteiger partial charge in [-0.25, -0.2) is 4.79 Å². The van der Waals surface area contributed by atoms with Crippen LogP contribution in [0.2, 0.25) is 0 Å². The summed E-state index contributed by atoms with van der Waals surface area (Å²) in [5.41, 5.74) is 0. The summed E-state index contributed by atoms with van der Waals surface area (Å²) in [6.07, 6.45) is -3.22. The van der Waals surface area contributed by atoms with Gasteiger partial charge in [0.25, 0.3) is 0 Å². The van der Waals surface area contributed by atoms with E-state index in [4.69, 9.17) is 5.11 Å². The van der Waals surface area contributed by atoms with E-state index < -0.39 is 30.8 Å². The summed E-state index contributed by atoms with van der Waals surface area (Å²) in [6, 6.07) is -1.24. The van der Waals surface area contributed by atoms with Crippen LogP contribution in [0.25, 0.3) is 0 Å². The van der Waals surface area contributed by atoms with Crippen molar-refractivity contribution in [2.45, 2.75) is 45.3 Å². The standard InChI is InChI=1S/C13H21F3N2O3/c1-9(2)18(8-13(14,15)16)12(21)17-5-3-4-10(7-17)6-11(19)20/h9-10H,3-8H2,1-2H3,(H,19,20). The van der Waals surface area contributed by atoms with Crippen molar-refractivity contribution in [1.82, 2.24) is 9.80 Å². The van der Waals surface area contributed by atoms with Crippen LogP contribution in [0.4, 0.5) is 18.0 Å². The molecule has 122 valence electrons. The first-order valence-corrected chi connectivity index (χ1v) is 6.94. The first kappa shape index (κ1) is 17.6. The maximum Gasteiger partial charge on any atom is 0.406 e. The zero-order chi connectivity index (χ0) is 16.2. The second-order valence-corrected chi connectivity index (χ2v) is 5.67. The number of halogens is 3. The SMILES string of the molecule is CC(C)N(CC(F)(F)F)C(=O)N1CCCC(CC(=O)O)C1. The van der Waals surface area contributed by atoms with E-state index in [1.807, 2.05) is 0 Å². The third kappa shape index (κ3) is 5.81. The van der Waals surface area contributed by atoms with Crippen molar-refractivity contribution in [3.63, 3.8) is 0 Å². The summed E-state index contributed by atoms with van der Waals surface area (Å²) in [5, 5.41) is 8.78. The van der Waals surface area contributed by atoms with Crippen molar-refractivity contribution in [3.05, 3.63) is 0 Å². The molecule has 0 aromatic heterocycles. The number of aliphatic carboxylic acids is 1. The number of hydrogen-bond acceptors (Lipinski definition) is 2. The average Bonchev–Trinajstić information content (AvgIpc) is 2.33. The number of hydrogen-bond donors (Lipinski definition) is 1. The van der Waals surface area contributed by atoms with E-state index in [0.29, 0.717) is 19.4 Å². The summed E-state index contributed by atoms with van der Waals surface area (Å²) >= 11 is 0. The lowest BCUT2D eigenvalue weighted by atomic mass is 9.95. The van der Waals surface area contributed by atoms with Gasteiger partial charge in [-0.1, -0.05) is 0 Å². The van der Waals surface area contributed by atoms with Crippen molar-refractivity contribution in [2.75, 3.05) is 19.6 Å². The van der Waals surface area contributed by atoms with Gasteiger partial charge < -0.3 is 14.9 Å². The minimum absolute atomic E-state index is 0.0648. The molecule has 1 unspecified atom stereocenters. The third-order valence-corrected chi connectivity index (χ3v) is 3.47. The molecule has 0 saturated carbocycles. The number of carbonyl (C=O) groups is 2. The van der Waals surface area contributed by atoms with Crippen molar-refractivity contribution in [3.8, 4) is 0 Å². The molecule has 1 saturated heterocycles. The van der Waals surface area contributed by atoms with Gasteiger partial charge in [-0.3, -0.25) is 4.79 Å². The average molecular weight is 310 g/mol. The maximum absolute atomic E-state index is 12.6. The lowest BCUT2D eigenvalue weighted by Gasteiger charge is -2.37. The molecular weight excluding hydrogens is 289 g/mol. The van der Waals surface area contributed by atoms with Crippen molar-refractivity contribution >= 4 is 12.0 Å². The highest BCUT2D eigenvalue weighted by atomic mass is 19.4. The van der Waals surface area contributed by atoms with E-state index in [0.717, 1.165) is 4.90 Å². The quantitative estimate of drug-likeness (QED) is 0.868. The summed E-state index contributed by atoms with van der Waals surface area (Å²) in [4.78, 5) is 25.1. The van der Waals surface area contributed by atoms with Gasteiger partial charge in [0.15, 0.2) is 0 Å². The zero-order valence-corrected chi connectivity index (χ0v) is 12.2. The van der Waals surface area contributed by atoms with Crippen LogP contribution < -0.4 is 0 Å². The first-order valence-electron chi connectivity index (χ1n) is 6.94. The number of carboxylic acids is 1. The molecule has 1 aliphatic heterocycles. The number of likely N-dealkylation sites (tertiary alicyclic amines) is 1. The van der Waals surface area contributed by atoms with Crippen molar-refractivity contribution in [1.29, 1.82) is 0 Å². The van der Waals surface area contributed by atoms with Crippen LogP contribution in [0, 0.1) is 5.92 Å². The number of rotatable bonds is 4. The minimum atomic E-state index is -4.45. The topological polar surface area (TPSA) is 60.9 Å². The lowest BCUT2D eigenvalue weighted by Crippen LogP contribution is -2.52. The van der Waals surface area contributed by atoms with Gasteiger partial charge in [-0.15, -0.1) is 0 Å². The summed E-state index contributed by atoms with van der Waals surface area (Å²) in [6.45, 7) is 2.34. The Balaban J connectivity index is 2.72. The molecule has 0 aromatic carbocycles. The highest BCUT2D eigenvalue weighted by molar-refractivity contribution is 5.75. The number of carbonyl (C=O) groups excluding carboxylic acids is 1. The van der Waals surface area contributed by atoms with Crippen LogP contribution >= 0.6 is 0 Å². The maximum atomic E-state index is 12.6. The fourth-order valence-electron chi connectivity index (χ4n) is 2.50. The number of carboxylic acid groups (broad SMARTS) is 1. The minimum Gasteiger partial charge on any atom is -0.481 e. The second kappa shape index (κ2) is 7.00.